The minimum absolute atomic E-state index is 0.141. The molecule has 2 aliphatic rings. The lowest BCUT2D eigenvalue weighted by molar-refractivity contribution is 0.267. The third-order valence-corrected chi connectivity index (χ3v) is 8.28. The molecule has 0 spiro atoms. The summed E-state index contributed by atoms with van der Waals surface area (Å²) in [5.41, 5.74) is 5.35. The molecule has 0 aliphatic carbocycles. The van der Waals surface area contributed by atoms with E-state index < -0.39 is 0 Å². The Morgan fingerprint density at radius 1 is 0.780 bits per heavy atom. The fourth-order valence-electron chi connectivity index (χ4n) is 6.16. The number of para-hydroxylation sites is 1. The van der Waals surface area contributed by atoms with Crippen LogP contribution in [0.2, 0.25) is 0 Å². The molecule has 8 heteroatoms. The zero-order valence-electron chi connectivity index (χ0n) is 23.1. The Bertz CT molecular complexity index is 1720. The summed E-state index contributed by atoms with van der Waals surface area (Å²) in [6.45, 7) is 4.81. The maximum absolute atomic E-state index is 13.9. The summed E-state index contributed by atoms with van der Waals surface area (Å²) in [6.07, 6.45) is 0. The molecule has 8 nitrogen and oxygen atoms in total. The van der Waals surface area contributed by atoms with E-state index in [0.717, 1.165) is 54.0 Å². The van der Waals surface area contributed by atoms with E-state index in [1.54, 1.807) is 15.2 Å². The van der Waals surface area contributed by atoms with Gasteiger partial charge in [-0.1, -0.05) is 66.7 Å². The Labute approximate surface area is 238 Å². The van der Waals surface area contributed by atoms with Crippen LogP contribution in [-0.2, 0) is 20.3 Å². The highest BCUT2D eigenvalue weighted by Gasteiger charge is 2.37. The average molecular weight is 548 g/mol. The van der Waals surface area contributed by atoms with Gasteiger partial charge in [0.2, 0.25) is 11.8 Å². The zero-order chi connectivity index (χ0) is 27.8. The van der Waals surface area contributed by atoms with Crippen LogP contribution in [-0.4, -0.2) is 40.3 Å². The topological polar surface area (TPSA) is 73.5 Å². The Balaban J connectivity index is 1.28. The first kappa shape index (κ1) is 25.4. The molecule has 2 aromatic heterocycles. The summed E-state index contributed by atoms with van der Waals surface area (Å²) in [5.74, 6) is 2.08. The molecule has 41 heavy (non-hydrogen) atoms. The smallest absolute Gasteiger partial charge is 0.333 e. The van der Waals surface area contributed by atoms with E-state index in [1.807, 2.05) is 85.9 Å². The largest absolute Gasteiger partial charge is 0.473 e. The molecule has 2 saturated heterocycles. The summed E-state index contributed by atoms with van der Waals surface area (Å²) < 4.78 is 15.8. The summed E-state index contributed by atoms with van der Waals surface area (Å²) in [5, 5.41) is 3.52. The highest BCUT2D eigenvalue weighted by Crippen LogP contribution is 2.36. The number of hydrogen-bond acceptors (Lipinski definition) is 6. The van der Waals surface area contributed by atoms with E-state index in [4.69, 9.17) is 14.5 Å². The minimum Gasteiger partial charge on any atom is -0.473 e. The van der Waals surface area contributed by atoms with E-state index in [-0.39, 0.29) is 5.69 Å². The maximum Gasteiger partial charge on any atom is 0.333 e. The third-order valence-electron chi connectivity index (χ3n) is 8.28. The van der Waals surface area contributed by atoms with Crippen molar-refractivity contribution in [1.82, 2.24) is 19.4 Å². The van der Waals surface area contributed by atoms with Crippen molar-refractivity contribution in [3.8, 4) is 17.4 Å². The van der Waals surface area contributed by atoms with Gasteiger partial charge >= 0.3 is 5.69 Å². The number of nitrogens with one attached hydrogen (secondary N) is 1. The number of fused-ring (bicyclic) bond motifs is 2. The Kier molecular flexibility index (Phi) is 6.68. The van der Waals surface area contributed by atoms with Gasteiger partial charge in [0.05, 0.1) is 16.7 Å². The van der Waals surface area contributed by atoms with Crippen molar-refractivity contribution in [2.45, 2.75) is 13.2 Å². The molecule has 0 bridgehead atoms. The van der Waals surface area contributed by atoms with Gasteiger partial charge in [-0.25, -0.2) is 4.79 Å². The van der Waals surface area contributed by atoms with Crippen molar-refractivity contribution in [1.29, 1.82) is 0 Å². The van der Waals surface area contributed by atoms with Gasteiger partial charge in [-0.05, 0) is 41.2 Å². The number of nitrogens with zero attached hydrogens (tertiary/aromatic N) is 4. The lowest BCUT2D eigenvalue weighted by Gasteiger charge is -2.21. The number of aromatic nitrogens is 3. The van der Waals surface area contributed by atoms with Gasteiger partial charge in [0.1, 0.15) is 18.9 Å². The predicted molar refractivity (Wildman–Crippen MR) is 160 cm³/mol. The van der Waals surface area contributed by atoms with Crippen molar-refractivity contribution in [2.24, 2.45) is 18.9 Å². The molecule has 5 aromatic rings. The van der Waals surface area contributed by atoms with Crippen LogP contribution >= 0.6 is 0 Å². The summed E-state index contributed by atoms with van der Waals surface area (Å²) in [7, 11) is 1.85. The normalized spacial score (nSPS) is 18.1. The number of anilines is 1. The molecule has 7 rings (SSSR count). The van der Waals surface area contributed by atoms with E-state index >= 15 is 0 Å². The number of ether oxygens (including phenoxy) is 2. The average Bonchev–Trinajstić information content (AvgIpc) is 3.69. The molecule has 2 unspecified atom stereocenters. The van der Waals surface area contributed by atoms with Gasteiger partial charge in [-0.2, -0.15) is 4.98 Å². The number of aryl methyl sites for hydroxylation is 1. The van der Waals surface area contributed by atoms with E-state index in [2.05, 4.69) is 16.3 Å². The highest BCUT2D eigenvalue weighted by atomic mass is 16.5. The molecular formula is C33H33N5O3. The monoisotopic (exact) mass is 547 g/mol. The first-order chi connectivity index (χ1) is 20.2. The number of pyridine rings is 1. The Morgan fingerprint density at radius 3 is 2.12 bits per heavy atom. The van der Waals surface area contributed by atoms with E-state index in [1.165, 1.54) is 0 Å². The zero-order valence-corrected chi connectivity index (χ0v) is 23.1. The predicted octanol–water partition coefficient (Wildman–Crippen LogP) is 4.54. The van der Waals surface area contributed by atoms with Gasteiger partial charge in [0, 0.05) is 39.3 Å². The third kappa shape index (κ3) is 4.85. The second-order valence-corrected chi connectivity index (χ2v) is 10.9. The van der Waals surface area contributed by atoms with Crippen molar-refractivity contribution in [2.75, 3.05) is 31.1 Å². The van der Waals surface area contributed by atoms with Crippen LogP contribution in [0.4, 0.5) is 5.69 Å². The minimum atomic E-state index is -0.141. The van der Waals surface area contributed by atoms with Gasteiger partial charge < -0.3 is 19.7 Å². The lowest BCUT2D eigenvalue weighted by Crippen LogP contribution is -2.26. The van der Waals surface area contributed by atoms with E-state index in [9.17, 15) is 4.79 Å². The summed E-state index contributed by atoms with van der Waals surface area (Å²) in [6, 6.07) is 29.8. The molecule has 2 atom stereocenters. The maximum atomic E-state index is 13.9. The van der Waals surface area contributed by atoms with Crippen LogP contribution in [0.1, 0.15) is 11.1 Å². The molecule has 0 radical (unpaired) electrons. The van der Waals surface area contributed by atoms with Crippen molar-refractivity contribution >= 4 is 16.7 Å². The number of benzene rings is 3. The molecule has 2 aliphatic heterocycles. The second-order valence-electron chi connectivity index (χ2n) is 10.9. The molecule has 3 aromatic carbocycles. The summed E-state index contributed by atoms with van der Waals surface area (Å²) in [4.78, 5) is 21.0. The molecule has 2 fully saturated rings. The van der Waals surface area contributed by atoms with Crippen LogP contribution in [0.25, 0.3) is 16.7 Å². The van der Waals surface area contributed by atoms with Gasteiger partial charge in [0.15, 0.2) is 0 Å². The lowest BCUT2D eigenvalue weighted by atomic mass is 10.0. The van der Waals surface area contributed by atoms with Gasteiger partial charge in [-0.15, -0.1) is 0 Å². The van der Waals surface area contributed by atoms with Crippen LogP contribution < -0.4 is 25.4 Å². The van der Waals surface area contributed by atoms with Gasteiger partial charge in [-0.3, -0.25) is 9.13 Å². The molecular weight excluding hydrogens is 514 g/mol. The number of imidazole rings is 1. The first-order valence-electron chi connectivity index (χ1n) is 14.2. The quantitative estimate of drug-likeness (QED) is 0.308. The molecule has 0 amide bonds. The fourth-order valence-corrected chi connectivity index (χ4v) is 6.16. The number of rotatable bonds is 8. The van der Waals surface area contributed by atoms with Gasteiger partial charge in [0.25, 0.3) is 0 Å². The fraction of sp³-hybridized carbons (Fsp3) is 0.273. The van der Waals surface area contributed by atoms with Crippen molar-refractivity contribution < 1.29 is 9.47 Å². The van der Waals surface area contributed by atoms with Crippen LogP contribution in [0, 0.1) is 11.8 Å². The first-order valence-corrected chi connectivity index (χ1v) is 14.2. The molecule has 4 heterocycles. The van der Waals surface area contributed by atoms with Crippen LogP contribution in [0.15, 0.2) is 95.8 Å². The number of hydrogen-bond donors (Lipinski definition) is 1. The highest BCUT2D eigenvalue weighted by molar-refractivity contribution is 5.91. The van der Waals surface area contributed by atoms with E-state index in [0.29, 0.717) is 42.5 Å². The summed E-state index contributed by atoms with van der Waals surface area (Å²) >= 11 is 0. The molecule has 0 saturated carbocycles. The van der Waals surface area contributed by atoms with Crippen molar-refractivity contribution in [3.05, 3.63) is 113 Å². The molecule has 208 valence electrons. The standard InChI is InChI=1S/C33H33N5O3/c1-36-31-27(37-19-25-17-34-18-26(25)20-37)13-8-14-28(31)38(33(36)39)29-15-16-30(40-21-23-9-4-2-5-10-23)35-32(29)41-22-24-11-6-3-7-12-24/h2-16,25-26,34H,17-22H2,1H3. The Morgan fingerprint density at radius 2 is 1.44 bits per heavy atom. The van der Waals surface area contributed by atoms with Crippen LogP contribution in [0.5, 0.6) is 11.8 Å². The van der Waals surface area contributed by atoms with Crippen molar-refractivity contribution in [3.63, 3.8) is 0 Å². The van der Waals surface area contributed by atoms with Crippen LogP contribution in [0.3, 0.4) is 0 Å². The second kappa shape index (κ2) is 10.8. The SMILES string of the molecule is Cn1c(=O)n(-c2ccc(OCc3ccccc3)nc2OCc2ccccc2)c2cccc(N3CC4CNCC4C3)c21. The molecule has 1 N–H and O–H groups in total. The Hall–Kier alpha value is -4.56.